The summed E-state index contributed by atoms with van der Waals surface area (Å²) in [5.74, 6) is 0.591. The third kappa shape index (κ3) is 3.94. The van der Waals surface area contributed by atoms with Crippen LogP contribution in [-0.4, -0.2) is 12.6 Å². The number of aryl methyl sites for hydroxylation is 1. The van der Waals surface area contributed by atoms with Gasteiger partial charge in [-0.25, -0.2) is 0 Å². The van der Waals surface area contributed by atoms with E-state index in [0.29, 0.717) is 5.92 Å². The van der Waals surface area contributed by atoms with Crippen LogP contribution in [0.1, 0.15) is 35.6 Å². The number of thiophene rings is 1. The Kier molecular flexibility index (Phi) is 4.92. The fraction of sp³-hybridized carbons (Fsp3) is 0.412. The normalized spacial score (nSPS) is 16.2. The average molecular weight is 350 g/mol. The van der Waals surface area contributed by atoms with Crippen LogP contribution in [0.3, 0.4) is 0 Å². The molecule has 20 heavy (non-hydrogen) atoms. The maximum Gasteiger partial charge on any atom is 0.0210 e. The zero-order valence-electron chi connectivity index (χ0n) is 11.5. The summed E-state index contributed by atoms with van der Waals surface area (Å²) in [5, 5.41) is 5.87. The molecule has 0 amide bonds. The molecule has 1 aliphatic rings. The van der Waals surface area contributed by atoms with Crippen LogP contribution in [0, 0.1) is 0 Å². The van der Waals surface area contributed by atoms with E-state index in [0.717, 1.165) is 12.6 Å². The molecule has 106 valence electrons. The molecule has 1 atom stereocenters. The highest BCUT2D eigenvalue weighted by Gasteiger charge is 2.23. The predicted molar refractivity (Wildman–Crippen MR) is 90.5 cm³/mol. The molecule has 0 saturated heterocycles. The molecule has 1 N–H and O–H groups in total. The van der Waals surface area contributed by atoms with Gasteiger partial charge in [-0.15, -0.1) is 11.3 Å². The SMILES string of the molecule is Brc1ccccc1C(CCc1cccs1)CNC1CC1. The molecule has 1 aliphatic carbocycles. The van der Waals surface area contributed by atoms with Crippen LogP contribution in [0.5, 0.6) is 0 Å². The first-order valence-electron chi connectivity index (χ1n) is 7.33. The number of benzene rings is 1. The monoisotopic (exact) mass is 349 g/mol. The van der Waals surface area contributed by atoms with Crippen molar-refractivity contribution in [3.05, 3.63) is 56.7 Å². The molecule has 1 nitrogen and oxygen atoms in total. The smallest absolute Gasteiger partial charge is 0.0210 e. The van der Waals surface area contributed by atoms with Crippen LogP contribution in [0.4, 0.5) is 0 Å². The number of nitrogens with one attached hydrogen (secondary N) is 1. The van der Waals surface area contributed by atoms with E-state index in [2.05, 4.69) is 63.0 Å². The predicted octanol–water partition coefficient (Wildman–Crippen LogP) is 4.98. The minimum Gasteiger partial charge on any atom is -0.313 e. The van der Waals surface area contributed by atoms with Gasteiger partial charge in [0.2, 0.25) is 0 Å². The molecule has 0 aliphatic heterocycles. The van der Waals surface area contributed by atoms with E-state index in [4.69, 9.17) is 0 Å². The van der Waals surface area contributed by atoms with Gasteiger partial charge in [0.15, 0.2) is 0 Å². The first-order valence-corrected chi connectivity index (χ1v) is 9.00. The van der Waals surface area contributed by atoms with Crippen molar-refractivity contribution in [2.45, 2.75) is 37.6 Å². The third-order valence-electron chi connectivity index (χ3n) is 3.89. The standard InChI is InChI=1S/C17H20BrNS/c18-17-6-2-1-5-16(17)13(12-19-14-8-9-14)7-10-15-4-3-11-20-15/h1-6,11,13-14,19H,7-10,12H2. The van der Waals surface area contributed by atoms with Crippen molar-refractivity contribution in [1.29, 1.82) is 0 Å². The first-order chi connectivity index (χ1) is 9.83. The van der Waals surface area contributed by atoms with Crippen LogP contribution in [-0.2, 0) is 6.42 Å². The first kappa shape index (κ1) is 14.3. The maximum atomic E-state index is 3.71. The van der Waals surface area contributed by atoms with E-state index in [1.165, 1.54) is 40.6 Å². The van der Waals surface area contributed by atoms with Gasteiger partial charge < -0.3 is 5.32 Å². The Morgan fingerprint density at radius 3 is 2.75 bits per heavy atom. The van der Waals surface area contributed by atoms with Gasteiger partial charge in [0, 0.05) is 21.9 Å². The highest BCUT2D eigenvalue weighted by molar-refractivity contribution is 9.10. The van der Waals surface area contributed by atoms with Crippen molar-refractivity contribution in [1.82, 2.24) is 5.32 Å². The molecular formula is C17H20BrNS. The summed E-state index contributed by atoms with van der Waals surface area (Å²) in [4.78, 5) is 1.49. The van der Waals surface area contributed by atoms with E-state index in [1.54, 1.807) is 0 Å². The average Bonchev–Trinajstić information content (AvgIpc) is 3.14. The second-order valence-electron chi connectivity index (χ2n) is 5.52. The highest BCUT2D eigenvalue weighted by Crippen LogP contribution is 2.30. The molecule has 1 saturated carbocycles. The number of hydrogen-bond donors (Lipinski definition) is 1. The van der Waals surface area contributed by atoms with Gasteiger partial charge in [-0.2, -0.15) is 0 Å². The quantitative estimate of drug-likeness (QED) is 0.743. The Morgan fingerprint density at radius 1 is 1.20 bits per heavy atom. The fourth-order valence-electron chi connectivity index (χ4n) is 2.54. The van der Waals surface area contributed by atoms with Crippen molar-refractivity contribution < 1.29 is 0 Å². The van der Waals surface area contributed by atoms with Gasteiger partial charge in [-0.3, -0.25) is 0 Å². The zero-order chi connectivity index (χ0) is 13.8. The molecule has 1 aromatic carbocycles. The lowest BCUT2D eigenvalue weighted by atomic mass is 9.93. The van der Waals surface area contributed by atoms with Crippen LogP contribution < -0.4 is 5.32 Å². The number of halogens is 1. The molecule has 3 heteroatoms. The van der Waals surface area contributed by atoms with Gasteiger partial charge >= 0.3 is 0 Å². The van der Waals surface area contributed by atoms with Crippen LogP contribution >= 0.6 is 27.3 Å². The largest absolute Gasteiger partial charge is 0.313 e. The van der Waals surface area contributed by atoms with Crippen molar-refractivity contribution >= 4 is 27.3 Å². The summed E-state index contributed by atoms with van der Waals surface area (Å²) in [5.41, 5.74) is 1.44. The van der Waals surface area contributed by atoms with Crippen LogP contribution in [0.25, 0.3) is 0 Å². The van der Waals surface area contributed by atoms with Crippen LogP contribution in [0.15, 0.2) is 46.3 Å². The Hall–Kier alpha value is -0.640. The number of hydrogen-bond acceptors (Lipinski definition) is 2. The van der Waals surface area contributed by atoms with Gasteiger partial charge in [0.1, 0.15) is 0 Å². The van der Waals surface area contributed by atoms with Crippen LogP contribution in [0.2, 0.25) is 0 Å². The minimum absolute atomic E-state index is 0.591. The molecule has 1 unspecified atom stereocenters. The second-order valence-corrected chi connectivity index (χ2v) is 7.41. The molecule has 1 fully saturated rings. The van der Waals surface area contributed by atoms with Gasteiger partial charge in [-0.05, 0) is 54.7 Å². The Labute approximate surface area is 133 Å². The van der Waals surface area contributed by atoms with E-state index < -0.39 is 0 Å². The second kappa shape index (κ2) is 6.88. The Morgan fingerprint density at radius 2 is 2.05 bits per heavy atom. The van der Waals surface area contributed by atoms with Crippen molar-refractivity contribution in [3.8, 4) is 0 Å². The molecule has 3 rings (SSSR count). The van der Waals surface area contributed by atoms with E-state index in [9.17, 15) is 0 Å². The van der Waals surface area contributed by atoms with E-state index in [-0.39, 0.29) is 0 Å². The van der Waals surface area contributed by atoms with E-state index >= 15 is 0 Å². The summed E-state index contributed by atoms with van der Waals surface area (Å²) in [6, 6.07) is 13.8. The Bertz CT molecular complexity index is 534. The fourth-order valence-corrected chi connectivity index (χ4v) is 3.87. The summed E-state index contributed by atoms with van der Waals surface area (Å²) < 4.78 is 1.24. The summed E-state index contributed by atoms with van der Waals surface area (Å²) in [6.45, 7) is 1.10. The summed E-state index contributed by atoms with van der Waals surface area (Å²) in [6.07, 6.45) is 5.10. The molecular weight excluding hydrogens is 330 g/mol. The topological polar surface area (TPSA) is 12.0 Å². The molecule has 2 aromatic rings. The molecule has 0 radical (unpaired) electrons. The molecule has 0 bridgehead atoms. The molecule has 1 heterocycles. The summed E-state index contributed by atoms with van der Waals surface area (Å²) >= 11 is 5.58. The van der Waals surface area contributed by atoms with E-state index in [1.807, 2.05) is 11.3 Å². The highest BCUT2D eigenvalue weighted by atomic mass is 79.9. The van der Waals surface area contributed by atoms with Gasteiger partial charge in [-0.1, -0.05) is 40.2 Å². The van der Waals surface area contributed by atoms with Crippen molar-refractivity contribution in [3.63, 3.8) is 0 Å². The lowest BCUT2D eigenvalue weighted by Crippen LogP contribution is -2.24. The zero-order valence-corrected chi connectivity index (χ0v) is 13.9. The minimum atomic E-state index is 0.591. The maximum absolute atomic E-state index is 3.71. The lowest BCUT2D eigenvalue weighted by Gasteiger charge is -2.19. The molecule has 0 spiro atoms. The number of rotatable bonds is 7. The van der Waals surface area contributed by atoms with Gasteiger partial charge in [0.25, 0.3) is 0 Å². The van der Waals surface area contributed by atoms with Crippen molar-refractivity contribution in [2.24, 2.45) is 0 Å². The van der Waals surface area contributed by atoms with Crippen molar-refractivity contribution in [2.75, 3.05) is 6.54 Å². The third-order valence-corrected chi connectivity index (χ3v) is 5.55. The molecule has 1 aromatic heterocycles. The summed E-state index contributed by atoms with van der Waals surface area (Å²) in [7, 11) is 0. The Balaban J connectivity index is 1.67. The lowest BCUT2D eigenvalue weighted by molar-refractivity contribution is 0.548. The van der Waals surface area contributed by atoms with Gasteiger partial charge in [0.05, 0.1) is 0 Å².